The van der Waals surface area contributed by atoms with Gasteiger partial charge in [0, 0.05) is 6.54 Å². The highest BCUT2D eigenvalue weighted by molar-refractivity contribution is 6.02. The molecule has 0 aromatic heterocycles. The average molecular weight is 246 g/mol. The van der Waals surface area contributed by atoms with Crippen molar-refractivity contribution in [3.63, 3.8) is 0 Å². The van der Waals surface area contributed by atoms with Crippen LogP contribution in [0.2, 0.25) is 0 Å². The molecule has 1 aromatic carbocycles. The van der Waals surface area contributed by atoms with Crippen molar-refractivity contribution in [1.82, 2.24) is 5.32 Å². The Balaban J connectivity index is 2.14. The van der Waals surface area contributed by atoms with Crippen LogP contribution in [0.1, 0.15) is 0 Å². The van der Waals surface area contributed by atoms with Gasteiger partial charge in [-0.2, -0.15) is 0 Å². The highest BCUT2D eigenvalue weighted by Gasteiger charge is 2.26. The number of para-hydroxylation sites is 2. The van der Waals surface area contributed by atoms with E-state index in [-0.39, 0.29) is 25.0 Å². The van der Waals surface area contributed by atoms with E-state index in [1.54, 1.807) is 24.3 Å². The molecule has 2 amide bonds. The maximum Gasteiger partial charge on any atom is 0.265 e. The number of nitrogens with zero attached hydrogens (tertiary/aromatic N) is 1. The van der Waals surface area contributed by atoms with E-state index in [4.69, 9.17) is 4.74 Å². The molecule has 0 radical (unpaired) electrons. The topological polar surface area (TPSA) is 58.6 Å². The first-order chi connectivity index (χ1) is 8.72. The third kappa shape index (κ3) is 2.51. The van der Waals surface area contributed by atoms with Gasteiger partial charge in [0.05, 0.1) is 5.69 Å². The van der Waals surface area contributed by atoms with E-state index in [1.165, 1.54) is 4.90 Å². The van der Waals surface area contributed by atoms with Crippen LogP contribution in [0, 0.1) is 0 Å². The summed E-state index contributed by atoms with van der Waals surface area (Å²) in [7, 11) is 0. The second kappa shape index (κ2) is 5.35. The number of ether oxygens (including phenoxy) is 1. The largest absolute Gasteiger partial charge is 0.482 e. The Morgan fingerprint density at radius 2 is 2.28 bits per heavy atom. The average Bonchev–Trinajstić information content (AvgIpc) is 2.40. The Bertz CT molecular complexity index is 485. The number of benzene rings is 1. The number of amides is 2. The van der Waals surface area contributed by atoms with Crippen molar-refractivity contribution in [1.29, 1.82) is 0 Å². The number of nitrogens with one attached hydrogen (secondary N) is 1. The molecule has 0 unspecified atom stereocenters. The summed E-state index contributed by atoms with van der Waals surface area (Å²) in [6.07, 6.45) is 1.59. The number of rotatable bonds is 4. The van der Waals surface area contributed by atoms with E-state index in [0.717, 1.165) is 0 Å². The zero-order valence-electron chi connectivity index (χ0n) is 9.89. The summed E-state index contributed by atoms with van der Waals surface area (Å²) >= 11 is 0. The molecular formula is C13H14N2O3. The molecule has 5 heteroatoms. The van der Waals surface area contributed by atoms with Crippen molar-refractivity contribution in [2.45, 2.75) is 0 Å². The van der Waals surface area contributed by atoms with Crippen molar-refractivity contribution in [3.05, 3.63) is 36.9 Å². The van der Waals surface area contributed by atoms with Crippen molar-refractivity contribution < 1.29 is 14.3 Å². The van der Waals surface area contributed by atoms with Crippen LogP contribution in [-0.4, -0.2) is 31.5 Å². The molecule has 1 heterocycles. The molecule has 0 atom stereocenters. The van der Waals surface area contributed by atoms with Gasteiger partial charge in [0.25, 0.3) is 5.91 Å². The third-order valence-corrected chi connectivity index (χ3v) is 2.55. The monoisotopic (exact) mass is 246 g/mol. The summed E-state index contributed by atoms with van der Waals surface area (Å²) in [6.45, 7) is 3.86. The van der Waals surface area contributed by atoms with Crippen molar-refractivity contribution in [2.24, 2.45) is 0 Å². The van der Waals surface area contributed by atoms with Crippen LogP contribution >= 0.6 is 0 Å². The lowest BCUT2D eigenvalue weighted by molar-refractivity contribution is -0.125. The molecule has 1 aliphatic heterocycles. The lowest BCUT2D eigenvalue weighted by Gasteiger charge is -2.28. The van der Waals surface area contributed by atoms with Crippen LogP contribution in [0.15, 0.2) is 36.9 Å². The van der Waals surface area contributed by atoms with Gasteiger partial charge in [-0.1, -0.05) is 18.2 Å². The molecule has 1 aliphatic rings. The SMILES string of the molecule is C=CCNC(=O)CN1C(=O)COc2ccccc21. The van der Waals surface area contributed by atoms with Gasteiger partial charge in [-0.3, -0.25) is 14.5 Å². The highest BCUT2D eigenvalue weighted by atomic mass is 16.5. The zero-order valence-corrected chi connectivity index (χ0v) is 9.89. The van der Waals surface area contributed by atoms with Crippen LogP contribution in [0.5, 0.6) is 5.75 Å². The number of hydrogen-bond donors (Lipinski definition) is 1. The van der Waals surface area contributed by atoms with Gasteiger partial charge < -0.3 is 10.1 Å². The predicted octanol–water partition coefficient (Wildman–Crippen LogP) is 0.714. The van der Waals surface area contributed by atoms with Crippen LogP contribution in [-0.2, 0) is 9.59 Å². The second-order valence-corrected chi connectivity index (χ2v) is 3.83. The molecule has 0 saturated carbocycles. The van der Waals surface area contributed by atoms with Crippen LogP contribution in [0.4, 0.5) is 5.69 Å². The van der Waals surface area contributed by atoms with Gasteiger partial charge in [0.2, 0.25) is 5.91 Å². The molecule has 0 fully saturated rings. The minimum atomic E-state index is -0.222. The zero-order chi connectivity index (χ0) is 13.0. The molecule has 1 N–H and O–H groups in total. The van der Waals surface area contributed by atoms with Crippen molar-refractivity contribution >= 4 is 17.5 Å². The summed E-state index contributed by atoms with van der Waals surface area (Å²) < 4.78 is 5.29. The third-order valence-electron chi connectivity index (χ3n) is 2.55. The van der Waals surface area contributed by atoms with Gasteiger partial charge in [-0.05, 0) is 12.1 Å². The number of fused-ring (bicyclic) bond motifs is 1. The van der Waals surface area contributed by atoms with E-state index in [0.29, 0.717) is 18.0 Å². The van der Waals surface area contributed by atoms with Gasteiger partial charge >= 0.3 is 0 Å². The molecule has 94 valence electrons. The summed E-state index contributed by atoms with van der Waals surface area (Å²) in [5, 5.41) is 2.64. The van der Waals surface area contributed by atoms with E-state index in [9.17, 15) is 9.59 Å². The molecule has 5 nitrogen and oxygen atoms in total. The van der Waals surface area contributed by atoms with Crippen molar-refractivity contribution in [2.75, 3.05) is 24.6 Å². The van der Waals surface area contributed by atoms with E-state index >= 15 is 0 Å². The smallest absolute Gasteiger partial charge is 0.265 e. The lowest BCUT2D eigenvalue weighted by atomic mass is 10.2. The number of carbonyl (C=O) groups excluding carboxylic acids is 2. The maximum absolute atomic E-state index is 11.8. The normalized spacial score (nSPS) is 13.6. The Morgan fingerprint density at radius 3 is 3.06 bits per heavy atom. The molecule has 0 bridgehead atoms. The summed E-state index contributed by atoms with van der Waals surface area (Å²) in [5.74, 6) is 0.177. The first kappa shape index (κ1) is 12.2. The first-order valence-electron chi connectivity index (χ1n) is 5.62. The molecule has 0 saturated heterocycles. The van der Waals surface area contributed by atoms with Crippen LogP contribution < -0.4 is 15.0 Å². The fraction of sp³-hybridized carbons (Fsp3) is 0.231. The van der Waals surface area contributed by atoms with E-state index < -0.39 is 0 Å². The van der Waals surface area contributed by atoms with E-state index in [2.05, 4.69) is 11.9 Å². The Labute approximate surface area is 105 Å². The summed E-state index contributed by atoms with van der Waals surface area (Å²) in [5.41, 5.74) is 0.627. The van der Waals surface area contributed by atoms with Crippen molar-refractivity contribution in [3.8, 4) is 5.75 Å². The number of hydrogen-bond acceptors (Lipinski definition) is 3. The molecule has 1 aromatic rings. The van der Waals surface area contributed by atoms with Gasteiger partial charge in [0.1, 0.15) is 12.3 Å². The Morgan fingerprint density at radius 1 is 1.50 bits per heavy atom. The van der Waals surface area contributed by atoms with Gasteiger partial charge in [0.15, 0.2) is 6.61 Å². The second-order valence-electron chi connectivity index (χ2n) is 3.83. The van der Waals surface area contributed by atoms with Gasteiger partial charge in [-0.25, -0.2) is 0 Å². The maximum atomic E-state index is 11.8. The molecule has 2 rings (SSSR count). The summed E-state index contributed by atoms with van der Waals surface area (Å²) in [6, 6.07) is 7.16. The first-order valence-corrected chi connectivity index (χ1v) is 5.62. The predicted molar refractivity (Wildman–Crippen MR) is 67.5 cm³/mol. The molecule has 0 spiro atoms. The number of carbonyl (C=O) groups is 2. The Hall–Kier alpha value is -2.30. The minimum absolute atomic E-state index is 0.00690. The number of anilines is 1. The van der Waals surface area contributed by atoms with Gasteiger partial charge in [-0.15, -0.1) is 6.58 Å². The quantitative estimate of drug-likeness (QED) is 0.796. The van der Waals surface area contributed by atoms with Crippen LogP contribution in [0.25, 0.3) is 0 Å². The standard InChI is InChI=1S/C13H14N2O3/c1-2-7-14-12(16)8-15-10-5-3-4-6-11(10)18-9-13(15)17/h2-6H,1,7-9H2,(H,14,16). The molecule has 18 heavy (non-hydrogen) atoms. The lowest BCUT2D eigenvalue weighted by Crippen LogP contribution is -2.45. The van der Waals surface area contributed by atoms with E-state index in [1.807, 2.05) is 6.07 Å². The van der Waals surface area contributed by atoms with Crippen LogP contribution in [0.3, 0.4) is 0 Å². The molecular weight excluding hydrogens is 232 g/mol. The minimum Gasteiger partial charge on any atom is -0.482 e. The highest BCUT2D eigenvalue weighted by Crippen LogP contribution is 2.30. The summed E-state index contributed by atoms with van der Waals surface area (Å²) in [4.78, 5) is 24.8. The fourth-order valence-electron chi connectivity index (χ4n) is 1.71. The molecule has 0 aliphatic carbocycles. The Kier molecular flexibility index (Phi) is 3.62. The fourth-order valence-corrected chi connectivity index (χ4v) is 1.71.